The van der Waals surface area contributed by atoms with Crippen LogP contribution in [0.3, 0.4) is 0 Å². The van der Waals surface area contributed by atoms with Crippen LogP contribution in [0.25, 0.3) is 0 Å². The van der Waals surface area contributed by atoms with E-state index in [2.05, 4.69) is 26.0 Å². The minimum Gasteiger partial charge on any atom is -0.477 e. The number of hydrogen-bond acceptors (Lipinski definition) is 3. The third kappa shape index (κ3) is 7.11. The van der Waals surface area contributed by atoms with Gasteiger partial charge in [0.15, 0.2) is 11.4 Å². The molecule has 2 atom stereocenters. The van der Waals surface area contributed by atoms with Crippen LogP contribution in [-0.4, -0.2) is 22.6 Å². The van der Waals surface area contributed by atoms with Crippen LogP contribution < -0.4 is 4.74 Å². The lowest BCUT2D eigenvalue weighted by Gasteiger charge is -2.35. The Morgan fingerprint density at radius 1 is 1.00 bits per heavy atom. The summed E-state index contributed by atoms with van der Waals surface area (Å²) in [6.07, 6.45) is 10.4. The lowest BCUT2D eigenvalue weighted by molar-refractivity contribution is -0.143. The van der Waals surface area contributed by atoms with Crippen molar-refractivity contribution in [3.63, 3.8) is 0 Å². The van der Waals surface area contributed by atoms with Gasteiger partial charge in [-0.1, -0.05) is 64.5 Å². The van der Waals surface area contributed by atoms with Gasteiger partial charge in [0.2, 0.25) is 0 Å². The molecule has 3 heteroatoms. The predicted octanol–water partition coefficient (Wildman–Crippen LogP) is 5.87. The van der Waals surface area contributed by atoms with Gasteiger partial charge in [-0.25, -0.2) is 0 Å². The Bertz CT molecular complexity index is 507. The molecule has 26 heavy (non-hydrogen) atoms. The molecule has 1 rings (SSSR count). The summed E-state index contributed by atoms with van der Waals surface area (Å²) >= 11 is 0. The van der Waals surface area contributed by atoms with Gasteiger partial charge in [0.1, 0.15) is 5.75 Å². The summed E-state index contributed by atoms with van der Waals surface area (Å²) in [7, 11) is 0. The fourth-order valence-electron chi connectivity index (χ4n) is 3.37. The average Bonchev–Trinajstić information content (AvgIpc) is 2.62. The van der Waals surface area contributed by atoms with E-state index in [1.807, 2.05) is 12.1 Å². The van der Waals surface area contributed by atoms with Crippen molar-refractivity contribution in [1.82, 2.24) is 0 Å². The second-order valence-corrected chi connectivity index (χ2v) is 7.49. The smallest absolute Gasteiger partial charge is 0.192 e. The van der Waals surface area contributed by atoms with Crippen LogP contribution in [0, 0.1) is 0 Å². The van der Waals surface area contributed by atoms with Crippen molar-refractivity contribution in [2.24, 2.45) is 0 Å². The lowest BCUT2D eigenvalue weighted by atomic mass is 9.87. The number of rotatable bonds is 14. The first kappa shape index (κ1) is 22.7. The lowest BCUT2D eigenvalue weighted by Crippen LogP contribution is -2.52. The van der Waals surface area contributed by atoms with E-state index in [1.165, 1.54) is 51.0 Å². The molecule has 3 nitrogen and oxygen atoms in total. The van der Waals surface area contributed by atoms with Gasteiger partial charge in [-0.2, -0.15) is 0 Å². The standard InChI is InChI=1S/C23H38O3/c1-5-7-9-10-11-12-13-21-14-16-22(17-15-21)26-23(19(3)24,20(4)25)18-8-6-2/h14-17,19,24H,5-13,18H2,1-4H3. The van der Waals surface area contributed by atoms with E-state index in [0.29, 0.717) is 12.2 Å². The van der Waals surface area contributed by atoms with Gasteiger partial charge in [0.05, 0.1) is 6.10 Å². The van der Waals surface area contributed by atoms with Crippen LogP contribution >= 0.6 is 0 Å². The molecule has 1 N–H and O–H groups in total. The van der Waals surface area contributed by atoms with E-state index in [0.717, 1.165) is 19.3 Å². The number of aryl methyl sites for hydroxylation is 1. The van der Waals surface area contributed by atoms with Crippen LogP contribution in [0.4, 0.5) is 0 Å². The van der Waals surface area contributed by atoms with Gasteiger partial charge in [-0.15, -0.1) is 0 Å². The highest BCUT2D eigenvalue weighted by molar-refractivity contribution is 5.86. The fraction of sp³-hybridized carbons (Fsp3) is 0.696. The third-order valence-electron chi connectivity index (χ3n) is 5.21. The number of unbranched alkanes of at least 4 members (excludes halogenated alkanes) is 6. The summed E-state index contributed by atoms with van der Waals surface area (Å²) in [4.78, 5) is 12.2. The number of ketones is 1. The normalized spacial score (nSPS) is 14.7. The number of hydrogen-bond donors (Lipinski definition) is 1. The Balaban J connectivity index is 2.63. The molecule has 1 aromatic carbocycles. The van der Waals surface area contributed by atoms with Crippen LogP contribution in [0.2, 0.25) is 0 Å². The van der Waals surface area contributed by atoms with E-state index >= 15 is 0 Å². The zero-order valence-corrected chi connectivity index (χ0v) is 17.2. The molecule has 0 amide bonds. The van der Waals surface area contributed by atoms with Gasteiger partial charge in [0, 0.05) is 0 Å². The fourth-order valence-corrected chi connectivity index (χ4v) is 3.37. The average molecular weight is 363 g/mol. The van der Waals surface area contributed by atoms with Gasteiger partial charge in [-0.05, 0) is 57.2 Å². The zero-order valence-electron chi connectivity index (χ0n) is 17.2. The summed E-state index contributed by atoms with van der Waals surface area (Å²) in [6.45, 7) is 7.47. The molecular formula is C23H38O3. The van der Waals surface area contributed by atoms with E-state index in [1.54, 1.807) is 6.92 Å². The molecule has 0 aliphatic rings. The van der Waals surface area contributed by atoms with Crippen molar-refractivity contribution < 1.29 is 14.6 Å². The first-order valence-corrected chi connectivity index (χ1v) is 10.4. The van der Waals surface area contributed by atoms with Crippen molar-refractivity contribution >= 4 is 5.78 Å². The number of aliphatic hydroxyl groups excluding tert-OH is 1. The maximum Gasteiger partial charge on any atom is 0.192 e. The molecule has 0 bridgehead atoms. The van der Waals surface area contributed by atoms with Crippen LogP contribution in [0.15, 0.2) is 24.3 Å². The molecular weight excluding hydrogens is 324 g/mol. The van der Waals surface area contributed by atoms with Crippen molar-refractivity contribution in [2.75, 3.05) is 0 Å². The van der Waals surface area contributed by atoms with Crippen LogP contribution in [0.1, 0.15) is 91.0 Å². The molecule has 0 saturated carbocycles. The first-order valence-electron chi connectivity index (χ1n) is 10.4. The number of aliphatic hydroxyl groups is 1. The third-order valence-corrected chi connectivity index (χ3v) is 5.21. The summed E-state index contributed by atoms with van der Waals surface area (Å²) in [5.74, 6) is 0.543. The summed E-state index contributed by atoms with van der Waals surface area (Å²) in [5.41, 5.74) is 0.156. The Morgan fingerprint density at radius 2 is 1.58 bits per heavy atom. The van der Waals surface area contributed by atoms with E-state index < -0.39 is 11.7 Å². The Morgan fingerprint density at radius 3 is 2.12 bits per heavy atom. The molecule has 0 radical (unpaired) electrons. The molecule has 0 fully saturated rings. The Kier molecular flexibility index (Phi) is 10.6. The molecule has 0 aromatic heterocycles. The molecule has 0 spiro atoms. The van der Waals surface area contributed by atoms with Gasteiger partial charge in [-0.3, -0.25) is 4.79 Å². The number of carbonyl (C=O) groups is 1. The molecule has 0 aliphatic carbocycles. The Labute approximate surface area is 160 Å². The highest BCUT2D eigenvalue weighted by atomic mass is 16.5. The quantitative estimate of drug-likeness (QED) is 0.421. The number of ether oxygens (including phenoxy) is 1. The maximum absolute atomic E-state index is 12.2. The zero-order chi connectivity index (χ0) is 19.4. The van der Waals surface area contributed by atoms with Crippen LogP contribution in [-0.2, 0) is 11.2 Å². The van der Waals surface area contributed by atoms with E-state index in [9.17, 15) is 9.90 Å². The van der Waals surface area contributed by atoms with Gasteiger partial charge < -0.3 is 9.84 Å². The predicted molar refractivity (Wildman–Crippen MR) is 109 cm³/mol. The monoisotopic (exact) mass is 362 g/mol. The van der Waals surface area contributed by atoms with Gasteiger partial charge in [0.25, 0.3) is 0 Å². The molecule has 0 saturated heterocycles. The molecule has 2 unspecified atom stereocenters. The number of carbonyl (C=O) groups excluding carboxylic acids is 1. The minimum absolute atomic E-state index is 0.114. The topological polar surface area (TPSA) is 46.5 Å². The SMILES string of the molecule is CCCCCCCCc1ccc(OC(CCCC)(C(C)=O)C(C)O)cc1. The van der Waals surface area contributed by atoms with Gasteiger partial charge >= 0.3 is 0 Å². The highest BCUT2D eigenvalue weighted by Gasteiger charge is 2.42. The molecule has 0 aliphatic heterocycles. The molecule has 1 aromatic rings. The number of Topliss-reactive ketones (excluding diaryl/α,β-unsaturated/α-hetero) is 1. The second kappa shape index (κ2) is 12.1. The Hall–Kier alpha value is -1.35. The largest absolute Gasteiger partial charge is 0.477 e. The van der Waals surface area contributed by atoms with Crippen LogP contribution in [0.5, 0.6) is 5.75 Å². The van der Waals surface area contributed by atoms with E-state index in [4.69, 9.17) is 4.74 Å². The highest BCUT2D eigenvalue weighted by Crippen LogP contribution is 2.28. The van der Waals surface area contributed by atoms with Crippen molar-refractivity contribution in [3.05, 3.63) is 29.8 Å². The van der Waals surface area contributed by atoms with E-state index in [-0.39, 0.29) is 5.78 Å². The number of benzene rings is 1. The summed E-state index contributed by atoms with van der Waals surface area (Å²) in [5, 5.41) is 10.2. The molecule has 0 heterocycles. The van der Waals surface area contributed by atoms with Crippen molar-refractivity contribution in [3.8, 4) is 5.75 Å². The molecule has 148 valence electrons. The second-order valence-electron chi connectivity index (χ2n) is 7.49. The van der Waals surface area contributed by atoms with Crippen molar-refractivity contribution in [1.29, 1.82) is 0 Å². The maximum atomic E-state index is 12.2. The summed E-state index contributed by atoms with van der Waals surface area (Å²) in [6, 6.07) is 8.01. The first-order chi connectivity index (χ1) is 12.5. The van der Waals surface area contributed by atoms with Crippen molar-refractivity contribution in [2.45, 2.75) is 104 Å². The minimum atomic E-state index is -1.14. The summed E-state index contributed by atoms with van der Waals surface area (Å²) < 4.78 is 6.05.